The van der Waals surface area contributed by atoms with Crippen molar-refractivity contribution in [2.45, 2.75) is 153 Å². The molecule has 3 saturated heterocycles. The Balaban J connectivity index is 0.00000114. The van der Waals surface area contributed by atoms with Gasteiger partial charge in [-0.25, -0.2) is 0 Å². The quantitative estimate of drug-likeness (QED) is 0.0351. The molecule has 3 aliphatic rings. The van der Waals surface area contributed by atoms with E-state index in [9.17, 15) is 47.9 Å². The largest absolute Gasteiger partial charge is 0.463 e. The molecular formula is C38H54O25S2. The zero-order valence-corrected chi connectivity index (χ0v) is 38.6. The van der Waals surface area contributed by atoms with E-state index in [-0.39, 0.29) is 24.0 Å². The van der Waals surface area contributed by atoms with E-state index < -0.39 is 156 Å². The number of hydrogen-bond acceptors (Lipinski definition) is 27. The van der Waals surface area contributed by atoms with Gasteiger partial charge in [-0.15, -0.1) is 11.7 Å². The molecule has 65 heavy (non-hydrogen) atoms. The maximum absolute atomic E-state index is 14.3. The Bertz CT molecular complexity index is 1810. The molecule has 25 nitrogen and oxygen atoms in total. The standard InChI is InChI=1S/C32H42O20S2.C6H12O5/c1-13(33)24(45-17(5)37)28-32(54-53,31(15(3)35,51-22(10)42)30(12-44-28,14(2)34)50-21(9)41)52-29-27(48-20(8)40)26(47-19(7)39)25(46-18(6)38)23(49-29)11-43-16(4)36;7-1-4-6(10)5(9)3(8)2-11-4/h23-29,53H,11-12H2,1-10H3;3-10H,1-2H2/t23-,24?,25-,26+,27-,28-,29+,30-,31-,32-;3-,4+,5+,6+/m10/s1. The molecule has 14 atom stereocenters. The zero-order chi connectivity index (χ0) is 49.9. The molecule has 3 rings (SSSR count). The number of aliphatic hydroxyl groups is 4. The highest BCUT2D eigenvalue weighted by Gasteiger charge is 2.82. The first kappa shape index (κ1) is 56.8. The number of Topliss-reactive ketones (excluding diaryl/α,β-unsaturated/α-hetero) is 3. The Hall–Kier alpha value is -4.32. The monoisotopic (exact) mass is 974 g/mol. The predicted octanol–water partition coefficient (Wildman–Crippen LogP) is -2.48. The summed E-state index contributed by atoms with van der Waals surface area (Å²) in [5.74, 6) is -11.0. The summed E-state index contributed by atoms with van der Waals surface area (Å²) >= 11 is 4.34. The van der Waals surface area contributed by atoms with E-state index in [1.54, 1.807) is 0 Å². The number of ether oxygens (including phenoxy) is 11. The van der Waals surface area contributed by atoms with Crippen LogP contribution in [0.5, 0.6) is 0 Å². The first-order valence-corrected chi connectivity index (χ1v) is 21.2. The Morgan fingerprint density at radius 3 is 1.63 bits per heavy atom. The summed E-state index contributed by atoms with van der Waals surface area (Å²) < 4.78 is 61.3. The average Bonchev–Trinajstić information content (AvgIpc) is 3.18. The van der Waals surface area contributed by atoms with Gasteiger partial charge in [0.2, 0.25) is 16.8 Å². The fourth-order valence-electron chi connectivity index (χ4n) is 7.23. The molecule has 0 aromatic heterocycles. The molecule has 1 unspecified atom stereocenters. The number of rotatable bonds is 16. The summed E-state index contributed by atoms with van der Waals surface area (Å²) in [5.41, 5.74) is -6.22. The molecule has 368 valence electrons. The lowest BCUT2D eigenvalue weighted by Crippen LogP contribution is -2.85. The van der Waals surface area contributed by atoms with Crippen molar-refractivity contribution in [3.63, 3.8) is 0 Å². The summed E-state index contributed by atoms with van der Waals surface area (Å²) in [5, 5.41) is 35.7. The summed E-state index contributed by atoms with van der Waals surface area (Å²) in [7, 11) is 0.122. The second-order valence-corrected chi connectivity index (χ2v) is 16.1. The van der Waals surface area contributed by atoms with E-state index in [4.69, 9.17) is 72.5 Å². The molecule has 0 radical (unpaired) electrons. The van der Waals surface area contributed by atoms with Crippen LogP contribution in [0.4, 0.5) is 0 Å². The SMILES string of the molecule is CC(=O)OC[C@H]1O[C@@H](O[C@@]2(SS)[C@@H](C(OC(C)=O)C(C)=O)OC[C@@](OC(C)=O)(C(C)=O)[C@]2(OC(C)=O)C(C)=O)[C@H](OC(C)=O)[C@@H](OC(C)=O)[C@@H]1OC(C)=O.OC[C@H]1OC[C@H](O)[C@@H](O)[C@@H]1O. The van der Waals surface area contributed by atoms with Crippen LogP contribution in [0.25, 0.3) is 0 Å². The van der Waals surface area contributed by atoms with Crippen molar-refractivity contribution < 1.29 is 120 Å². The van der Waals surface area contributed by atoms with Crippen molar-refractivity contribution >= 4 is 81.6 Å². The van der Waals surface area contributed by atoms with Crippen LogP contribution in [0.15, 0.2) is 0 Å². The third-order valence-corrected chi connectivity index (χ3v) is 11.4. The number of carbonyl (C=O) groups is 10. The Labute approximate surface area is 380 Å². The molecule has 0 aromatic rings. The van der Waals surface area contributed by atoms with E-state index in [2.05, 4.69) is 11.7 Å². The fraction of sp³-hybridized carbons (Fsp3) is 0.737. The van der Waals surface area contributed by atoms with Crippen molar-refractivity contribution in [2.24, 2.45) is 0 Å². The van der Waals surface area contributed by atoms with Crippen LogP contribution < -0.4 is 0 Å². The van der Waals surface area contributed by atoms with Crippen LogP contribution in [0.3, 0.4) is 0 Å². The second-order valence-electron chi connectivity index (χ2n) is 14.7. The topological polar surface area (TPSA) is 353 Å². The number of carbonyl (C=O) groups excluding carboxylic acids is 10. The summed E-state index contributed by atoms with van der Waals surface area (Å²) in [6.45, 7) is 6.73. The first-order valence-electron chi connectivity index (χ1n) is 19.4. The maximum Gasteiger partial charge on any atom is 0.303 e. The molecule has 0 amide bonds. The van der Waals surface area contributed by atoms with Gasteiger partial charge < -0.3 is 72.5 Å². The highest BCUT2D eigenvalue weighted by atomic mass is 33.1. The van der Waals surface area contributed by atoms with E-state index in [1.165, 1.54) is 0 Å². The van der Waals surface area contributed by atoms with Gasteiger partial charge in [-0.2, -0.15) is 0 Å². The average molecular weight is 975 g/mol. The van der Waals surface area contributed by atoms with Gasteiger partial charge in [0.1, 0.15) is 43.2 Å². The minimum atomic E-state index is -3.26. The molecule has 0 bridgehead atoms. The summed E-state index contributed by atoms with van der Waals surface area (Å²) in [6, 6.07) is 0. The number of hydrogen-bond donors (Lipinski definition) is 5. The summed E-state index contributed by atoms with van der Waals surface area (Å²) in [6.07, 6.45) is -18.0. The van der Waals surface area contributed by atoms with E-state index >= 15 is 0 Å². The number of thiol groups is 1. The molecule has 0 spiro atoms. The van der Waals surface area contributed by atoms with Crippen molar-refractivity contribution in [1.29, 1.82) is 0 Å². The van der Waals surface area contributed by atoms with Gasteiger partial charge in [0.05, 0.1) is 19.8 Å². The zero-order valence-electron chi connectivity index (χ0n) is 36.9. The van der Waals surface area contributed by atoms with Gasteiger partial charge >= 0.3 is 41.8 Å². The van der Waals surface area contributed by atoms with Gasteiger partial charge in [-0.05, 0) is 20.8 Å². The van der Waals surface area contributed by atoms with Crippen LogP contribution in [-0.2, 0) is 100 Å². The highest BCUT2D eigenvalue weighted by molar-refractivity contribution is 8.69. The third kappa shape index (κ3) is 13.0. The van der Waals surface area contributed by atoms with Gasteiger partial charge in [0.15, 0.2) is 41.8 Å². The van der Waals surface area contributed by atoms with E-state index in [0.717, 1.165) is 69.2 Å². The molecule has 3 fully saturated rings. The lowest BCUT2D eigenvalue weighted by molar-refractivity contribution is -0.367. The molecule has 0 aliphatic carbocycles. The lowest BCUT2D eigenvalue weighted by atomic mass is 9.68. The van der Waals surface area contributed by atoms with Gasteiger partial charge in [-0.3, -0.25) is 47.9 Å². The highest BCUT2D eigenvalue weighted by Crippen LogP contribution is 2.58. The Kier molecular flexibility index (Phi) is 20.9. The maximum atomic E-state index is 14.3. The number of esters is 7. The Morgan fingerprint density at radius 1 is 0.662 bits per heavy atom. The van der Waals surface area contributed by atoms with Crippen molar-refractivity contribution in [2.75, 3.05) is 26.4 Å². The Morgan fingerprint density at radius 2 is 1.20 bits per heavy atom. The third-order valence-electron chi connectivity index (χ3n) is 9.71. The molecule has 3 aliphatic heterocycles. The van der Waals surface area contributed by atoms with Gasteiger partial charge in [0, 0.05) is 48.5 Å². The van der Waals surface area contributed by atoms with Crippen LogP contribution in [-0.4, -0.2) is 189 Å². The second kappa shape index (κ2) is 23.9. The van der Waals surface area contributed by atoms with Gasteiger partial charge in [-0.1, -0.05) is 10.8 Å². The molecule has 0 saturated carbocycles. The minimum absolute atomic E-state index is 0.0521. The molecule has 0 aromatic carbocycles. The van der Waals surface area contributed by atoms with E-state index in [1.807, 2.05) is 0 Å². The first-order chi connectivity index (χ1) is 30.1. The minimum Gasteiger partial charge on any atom is -0.463 e. The summed E-state index contributed by atoms with van der Waals surface area (Å²) in [4.78, 5) is 126. The van der Waals surface area contributed by atoms with Crippen LogP contribution in [0.2, 0.25) is 0 Å². The van der Waals surface area contributed by atoms with Crippen molar-refractivity contribution in [3.05, 3.63) is 0 Å². The van der Waals surface area contributed by atoms with Crippen molar-refractivity contribution in [3.8, 4) is 0 Å². The van der Waals surface area contributed by atoms with Gasteiger partial charge in [0.25, 0.3) is 5.60 Å². The number of ketones is 3. The van der Waals surface area contributed by atoms with Crippen LogP contribution in [0.1, 0.15) is 69.2 Å². The van der Waals surface area contributed by atoms with E-state index in [0.29, 0.717) is 0 Å². The lowest BCUT2D eigenvalue weighted by Gasteiger charge is -2.60. The number of aliphatic hydroxyl groups excluding tert-OH is 4. The van der Waals surface area contributed by atoms with Crippen molar-refractivity contribution in [1.82, 2.24) is 0 Å². The molecular weight excluding hydrogens is 921 g/mol. The molecule has 27 heteroatoms. The smallest absolute Gasteiger partial charge is 0.303 e. The molecule has 3 heterocycles. The molecule has 4 N–H and O–H groups in total. The normalized spacial score (nSPS) is 33.5. The van der Waals surface area contributed by atoms with Crippen LogP contribution in [0, 0.1) is 0 Å². The fourth-order valence-corrected chi connectivity index (χ4v) is 8.97. The van der Waals surface area contributed by atoms with Crippen LogP contribution >= 0.6 is 22.5 Å². The predicted molar refractivity (Wildman–Crippen MR) is 214 cm³/mol.